The quantitative estimate of drug-likeness (QED) is 0.414. The second kappa shape index (κ2) is 6.99. The van der Waals surface area contributed by atoms with Gasteiger partial charge in [-0.05, 0) is 52.7 Å². The van der Waals surface area contributed by atoms with Gasteiger partial charge in [-0.2, -0.15) is 36.9 Å². The third-order valence-corrected chi connectivity index (χ3v) is 4.29. The van der Waals surface area contributed by atoms with Gasteiger partial charge in [-0.1, -0.05) is 0 Å². The lowest BCUT2D eigenvalue weighted by Crippen LogP contribution is -2.11. The number of benzene rings is 3. The third-order valence-electron chi connectivity index (χ3n) is 4.29. The van der Waals surface area contributed by atoms with Crippen molar-refractivity contribution in [3.05, 3.63) is 70.3 Å². The van der Waals surface area contributed by atoms with E-state index >= 15 is 0 Å². The van der Waals surface area contributed by atoms with Crippen molar-refractivity contribution in [3.63, 3.8) is 0 Å². The van der Waals surface area contributed by atoms with E-state index in [0.29, 0.717) is 24.3 Å². The maximum atomic E-state index is 13.8. The van der Waals surface area contributed by atoms with Gasteiger partial charge in [0.2, 0.25) is 0 Å². The number of hydrogen-bond acceptors (Lipinski definition) is 2. The monoisotopic (exact) mass is 426 g/mol. The topological polar surface area (TPSA) is 47.6 Å². The first kappa shape index (κ1) is 21.1. The molecule has 0 aliphatic heterocycles. The summed E-state index contributed by atoms with van der Waals surface area (Å²) in [5.41, 5.74) is -5.56. The van der Waals surface area contributed by atoms with Crippen LogP contribution in [0.25, 0.3) is 21.9 Å². The van der Waals surface area contributed by atoms with Crippen molar-refractivity contribution in [2.24, 2.45) is 0 Å². The van der Waals surface area contributed by atoms with Gasteiger partial charge in [0.15, 0.2) is 11.6 Å². The minimum atomic E-state index is -5.16. The van der Waals surface area contributed by atoms with Gasteiger partial charge in [0, 0.05) is 5.56 Å². The molecule has 10 heteroatoms. The molecule has 0 aromatic heterocycles. The molecule has 2 nitrogen and oxygen atoms in total. The maximum Gasteiger partial charge on any atom is 0.416 e. The molecule has 0 heterocycles. The molecule has 0 fully saturated rings. The molecule has 0 aliphatic rings. The second-order valence-electron chi connectivity index (χ2n) is 6.18. The first-order valence-electron chi connectivity index (χ1n) is 7.92. The van der Waals surface area contributed by atoms with E-state index < -0.39 is 57.4 Å². The fourth-order valence-corrected chi connectivity index (χ4v) is 3.00. The smallest absolute Gasteiger partial charge is 0.204 e. The van der Waals surface area contributed by atoms with Crippen LogP contribution in [-0.4, -0.2) is 0 Å². The van der Waals surface area contributed by atoms with E-state index in [4.69, 9.17) is 0 Å². The Balaban J connectivity index is 2.54. The first-order valence-corrected chi connectivity index (χ1v) is 7.92. The van der Waals surface area contributed by atoms with Crippen LogP contribution in [0.4, 0.5) is 35.1 Å². The summed E-state index contributed by atoms with van der Waals surface area (Å²) in [6.45, 7) is 0. The molecule has 0 saturated heterocycles. The Morgan fingerprint density at radius 3 is 1.67 bits per heavy atom. The van der Waals surface area contributed by atoms with Crippen LogP contribution in [0.3, 0.4) is 0 Å². The van der Waals surface area contributed by atoms with Crippen molar-refractivity contribution < 1.29 is 35.1 Å². The lowest BCUT2D eigenvalue weighted by Gasteiger charge is -2.17. The van der Waals surface area contributed by atoms with Crippen LogP contribution in [0.15, 0.2) is 36.4 Å². The summed E-state index contributed by atoms with van der Waals surface area (Å²) in [7, 11) is 0. The maximum absolute atomic E-state index is 13.8. The average Bonchev–Trinajstić information content (AvgIpc) is 2.65. The fraction of sp³-hybridized carbons (Fsp3) is 0.100. The Morgan fingerprint density at radius 1 is 0.667 bits per heavy atom. The standard InChI is InChI=1S/C20H6F8N2/c21-16-4-9-1-11(7-29)15(8-30)18(14(9)6-17(16)22)10-2-12(19(23,24)25)5-13(3-10)20(26,27)28/h1-6H. The minimum Gasteiger partial charge on any atom is -0.204 e. The molecule has 0 unspecified atom stereocenters. The summed E-state index contributed by atoms with van der Waals surface area (Å²) in [5, 5.41) is 18.2. The van der Waals surface area contributed by atoms with Crippen molar-refractivity contribution in [3.8, 4) is 23.3 Å². The van der Waals surface area contributed by atoms with Crippen molar-refractivity contribution in [1.82, 2.24) is 0 Å². The van der Waals surface area contributed by atoms with E-state index in [1.165, 1.54) is 0 Å². The summed E-state index contributed by atoms with van der Waals surface area (Å²) < 4.78 is 107. The van der Waals surface area contributed by atoms with Gasteiger partial charge in [-0.25, -0.2) is 8.78 Å². The molecule has 0 amide bonds. The van der Waals surface area contributed by atoms with Gasteiger partial charge in [0.25, 0.3) is 0 Å². The van der Waals surface area contributed by atoms with Crippen molar-refractivity contribution in [2.75, 3.05) is 0 Å². The highest BCUT2D eigenvalue weighted by Gasteiger charge is 2.37. The largest absolute Gasteiger partial charge is 0.416 e. The van der Waals surface area contributed by atoms with Crippen LogP contribution in [0.2, 0.25) is 0 Å². The molecular formula is C20H6F8N2. The van der Waals surface area contributed by atoms with Crippen molar-refractivity contribution >= 4 is 10.8 Å². The Bertz CT molecular complexity index is 1230. The van der Waals surface area contributed by atoms with Crippen LogP contribution < -0.4 is 0 Å². The molecule has 0 N–H and O–H groups in total. The number of rotatable bonds is 1. The summed E-state index contributed by atoms with van der Waals surface area (Å²) in [6, 6.07) is 5.93. The normalized spacial score (nSPS) is 11.9. The third kappa shape index (κ3) is 3.64. The Morgan fingerprint density at radius 2 is 1.20 bits per heavy atom. The van der Waals surface area contributed by atoms with E-state index in [2.05, 4.69) is 0 Å². The van der Waals surface area contributed by atoms with Crippen LogP contribution >= 0.6 is 0 Å². The SMILES string of the molecule is N#Cc1cc2cc(F)c(F)cc2c(-c2cc(C(F)(F)F)cc(C(F)(F)F)c2)c1C#N. The summed E-state index contributed by atoms with van der Waals surface area (Å²) >= 11 is 0. The number of fused-ring (bicyclic) bond motifs is 1. The summed E-state index contributed by atoms with van der Waals surface area (Å²) in [4.78, 5) is 0. The molecule has 0 radical (unpaired) electrons. The molecule has 0 aliphatic carbocycles. The molecular weight excluding hydrogens is 420 g/mol. The molecule has 152 valence electrons. The van der Waals surface area contributed by atoms with Gasteiger partial charge >= 0.3 is 12.4 Å². The number of nitriles is 2. The van der Waals surface area contributed by atoms with Crippen LogP contribution in [0.1, 0.15) is 22.3 Å². The second-order valence-corrected chi connectivity index (χ2v) is 6.18. The van der Waals surface area contributed by atoms with Gasteiger partial charge in [-0.15, -0.1) is 0 Å². The zero-order chi connectivity index (χ0) is 22.4. The first-order chi connectivity index (χ1) is 13.9. The number of nitrogens with zero attached hydrogens (tertiary/aromatic N) is 2. The lowest BCUT2D eigenvalue weighted by atomic mass is 9.88. The predicted octanol–water partition coefficient (Wildman–Crippen LogP) is 6.57. The van der Waals surface area contributed by atoms with Crippen LogP contribution in [-0.2, 0) is 12.4 Å². The molecule has 3 aromatic rings. The minimum absolute atomic E-state index is 0.105. The van der Waals surface area contributed by atoms with Crippen LogP contribution in [0, 0.1) is 34.3 Å². The average molecular weight is 426 g/mol. The van der Waals surface area contributed by atoms with Crippen molar-refractivity contribution in [2.45, 2.75) is 12.4 Å². The van der Waals surface area contributed by atoms with E-state index in [0.717, 1.165) is 6.07 Å². The van der Waals surface area contributed by atoms with Gasteiger partial charge in [-0.3, -0.25) is 0 Å². The van der Waals surface area contributed by atoms with E-state index in [1.54, 1.807) is 12.1 Å². The zero-order valence-electron chi connectivity index (χ0n) is 14.4. The number of halogens is 8. The molecule has 3 aromatic carbocycles. The highest BCUT2D eigenvalue weighted by atomic mass is 19.4. The molecule has 30 heavy (non-hydrogen) atoms. The highest BCUT2D eigenvalue weighted by Crippen LogP contribution is 2.42. The molecule has 3 rings (SSSR count). The fourth-order valence-electron chi connectivity index (χ4n) is 3.00. The zero-order valence-corrected chi connectivity index (χ0v) is 14.4. The van der Waals surface area contributed by atoms with Gasteiger partial charge in [0.1, 0.15) is 12.1 Å². The summed E-state index contributed by atoms with van der Waals surface area (Å²) in [6.07, 6.45) is -10.3. The Labute approximate surface area is 163 Å². The Hall–Kier alpha value is -3.66. The highest BCUT2D eigenvalue weighted by molar-refractivity contribution is 6.01. The summed E-state index contributed by atoms with van der Waals surface area (Å²) in [5.74, 6) is -2.78. The van der Waals surface area contributed by atoms with E-state index in [9.17, 15) is 45.6 Å². The van der Waals surface area contributed by atoms with E-state index in [-0.39, 0.29) is 16.8 Å². The van der Waals surface area contributed by atoms with Gasteiger partial charge in [0.05, 0.1) is 22.3 Å². The van der Waals surface area contributed by atoms with Gasteiger partial charge < -0.3 is 0 Å². The van der Waals surface area contributed by atoms with E-state index in [1.807, 2.05) is 0 Å². The molecule has 0 atom stereocenters. The van der Waals surface area contributed by atoms with Crippen LogP contribution in [0.5, 0.6) is 0 Å². The Kier molecular flexibility index (Phi) is 4.91. The molecule has 0 spiro atoms. The van der Waals surface area contributed by atoms with Crippen molar-refractivity contribution in [1.29, 1.82) is 10.5 Å². The number of alkyl halides is 6. The lowest BCUT2D eigenvalue weighted by molar-refractivity contribution is -0.143. The number of hydrogen-bond donors (Lipinski definition) is 0. The predicted molar refractivity (Wildman–Crippen MR) is 88.7 cm³/mol. The molecule has 0 bridgehead atoms. The molecule has 0 saturated carbocycles.